The highest BCUT2D eigenvalue weighted by Gasteiger charge is 2.15. The minimum absolute atomic E-state index is 0. The Morgan fingerprint density at radius 2 is 1.83 bits per heavy atom. The van der Waals surface area contributed by atoms with Gasteiger partial charge in [0.15, 0.2) is 0 Å². The van der Waals surface area contributed by atoms with Gasteiger partial charge in [0.25, 0.3) is 0 Å². The molecule has 4 N–H and O–H groups in total. The van der Waals surface area contributed by atoms with E-state index in [9.17, 15) is 4.39 Å². The van der Waals surface area contributed by atoms with E-state index in [4.69, 9.17) is 5.73 Å². The average molecular weight is 477 g/mol. The van der Waals surface area contributed by atoms with Gasteiger partial charge < -0.3 is 16.4 Å². The molecule has 186 valence electrons. The topological polar surface area (TPSA) is 80.3 Å². The van der Waals surface area contributed by atoms with Gasteiger partial charge in [0, 0.05) is 36.0 Å². The maximum Gasteiger partial charge on any atom is 0.148 e. The summed E-state index contributed by atoms with van der Waals surface area (Å²) in [5.41, 5.74) is 12.2. The minimum Gasteiger partial charge on any atom is -0.383 e. The molecule has 1 aromatic heterocycles. The molecule has 0 radical (unpaired) electrons. The zero-order chi connectivity index (χ0) is 25.3. The van der Waals surface area contributed by atoms with Crippen molar-refractivity contribution in [1.82, 2.24) is 15.1 Å². The van der Waals surface area contributed by atoms with Crippen LogP contribution >= 0.6 is 0 Å². The molecule has 35 heavy (non-hydrogen) atoms. The zero-order valence-corrected chi connectivity index (χ0v) is 20.5. The van der Waals surface area contributed by atoms with Crippen LogP contribution in [-0.4, -0.2) is 23.0 Å². The number of aromatic nitrogens is 2. The van der Waals surface area contributed by atoms with Crippen LogP contribution in [0.4, 0.5) is 15.9 Å². The van der Waals surface area contributed by atoms with Crippen molar-refractivity contribution in [3.05, 3.63) is 96.1 Å². The molecule has 0 amide bonds. The smallest absolute Gasteiger partial charge is 0.148 e. The summed E-state index contributed by atoms with van der Waals surface area (Å²) in [4.78, 5) is 3.95. The van der Waals surface area contributed by atoms with E-state index in [-0.39, 0.29) is 13.1 Å². The number of nitrogens with two attached hydrogens (primary N) is 1. The number of aliphatic imine (C=N–C) groups is 1. The fourth-order valence-electron chi connectivity index (χ4n) is 3.12. The maximum atomic E-state index is 14.2. The van der Waals surface area contributed by atoms with Gasteiger partial charge >= 0.3 is 0 Å². The van der Waals surface area contributed by atoms with Crippen molar-refractivity contribution >= 4 is 29.1 Å². The predicted octanol–water partition coefficient (Wildman–Crippen LogP) is 6.81. The Hall–Kier alpha value is -4.13. The second-order valence-electron chi connectivity index (χ2n) is 7.30. The van der Waals surface area contributed by atoms with Crippen LogP contribution < -0.4 is 16.4 Å². The number of nitrogen functional groups attached to an aromatic ring is 1. The van der Waals surface area contributed by atoms with E-state index in [0.29, 0.717) is 17.1 Å². The quantitative estimate of drug-likeness (QED) is 0.312. The van der Waals surface area contributed by atoms with Crippen molar-refractivity contribution in [2.75, 3.05) is 18.1 Å². The molecule has 0 spiro atoms. The van der Waals surface area contributed by atoms with Crippen LogP contribution in [0.1, 0.15) is 44.9 Å². The molecule has 3 aromatic rings. The third-order valence-electron chi connectivity index (χ3n) is 4.91. The van der Waals surface area contributed by atoms with E-state index in [2.05, 4.69) is 33.9 Å². The molecule has 1 heterocycles. The number of rotatable bonds is 8. The minimum atomic E-state index is -0.406. The Kier molecular flexibility index (Phi) is 11.2. The van der Waals surface area contributed by atoms with Gasteiger partial charge in [0.1, 0.15) is 17.3 Å². The number of benzene rings is 2. The van der Waals surface area contributed by atoms with Crippen LogP contribution in [0, 0.1) is 12.7 Å². The lowest BCUT2D eigenvalue weighted by Crippen LogP contribution is -2.09. The van der Waals surface area contributed by atoms with E-state index in [0.717, 1.165) is 28.2 Å². The fourth-order valence-corrected chi connectivity index (χ4v) is 3.12. The summed E-state index contributed by atoms with van der Waals surface area (Å²) >= 11 is 0. The Labute approximate surface area is 208 Å². The molecule has 0 aliphatic carbocycles. The van der Waals surface area contributed by atoms with Crippen LogP contribution in [0.3, 0.4) is 0 Å². The van der Waals surface area contributed by atoms with Crippen LogP contribution in [0.25, 0.3) is 17.1 Å². The first-order valence-corrected chi connectivity index (χ1v) is 11.0. The SMILES string of the molecule is C.C=C(N/C(C)=C/C=NC)c1ccc(C)c(NC(=C)c2cnn(-c3ccccc3F)c2N)c1.CC. The molecule has 0 bridgehead atoms. The van der Waals surface area contributed by atoms with Crippen molar-refractivity contribution in [3.63, 3.8) is 0 Å². The summed E-state index contributed by atoms with van der Waals surface area (Å²) in [7, 11) is 1.72. The standard InChI is InChI=1S/C25H27FN6.C2H6.CH4/c1-16-10-11-20(18(3)30-17(2)12-13-28-5)14-23(16)31-19(4)21-15-29-32(25(21)27)24-9-7-6-8-22(24)26;1-2;/h6-15,30-31H,3-4,27H2,1-2,5H3;1-2H3;1H4/b17-12+,28-13?;;. The molecule has 0 unspecified atom stereocenters. The molecule has 7 heteroatoms. The van der Waals surface area contributed by atoms with Crippen molar-refractivity contribution in [3.8, 4) is 5.69 Å². The van der Waals surface area contributed by atoms with Crippen LogP contribution in [-0.2, 0) is 0 Å². The summed E-state index contributed by atoms with van der Waals surface area (Å²) in [5, 5.41) is 10.8. The van der Waals surface area contributed by atoms with Gasteiger partial charge in [-0.3, -0.25) is 4.99 Å². The van der Waals surface area contributed by atoms with Crippen molar-refractivity contribution in [2.45, 2.75) is 35.1 Å². The van der Waals surface area contributed by atoms with E-state index >= 15 is 0 Å². The number of allylic oxidation sites excluding steroid dienone is 2. The van der Waals surface area contributed by atoms with Crippen molar-refractivity contribution < 1.29 is 4.39 Å². The molecule has 3 rings (SSSR count). The first-order valence-electron chi connectivity index (χ1n) is 11.0. The zero-order valence-electron chi connectivity index (χ0n) is 20.5. The van der Waals surface area contributed by atoms with E-state index in [1.807, 2.05) is 52.0 Å². The highest BCUT2D eigenvalue weighted by atomic mass is 19.1. The van der Waals surface area contributed by atoms with E-state index in [1.165, 1.54) is 10.7 Å². The monoisotopic (exact) mass is 476 g/mol. The van der Waals surface area contributed by atoms with Crippen LogP contribution in [0.15, 0.2) is 78.6 Å². The molecule has 2 aromatic carbocycles. The number of hydrogen-bond acceptors (Lipinski definition) is 5. The van der Waals surface area contributed by atoms with Crippen LogP contribution in [0.2, 0.25) is 0 Å². The second-order valence-corrected chi connectivity index (χ2v) is 7.30. The predicted molar refractivity (Wildman–Crippen MR) is 150 cm³/mol. The highest BCUT2D eigenvalue weighted by Crippen LogP contribution is 2.28. The lowest BCUT2D eigenvalue weighted by Gasteiger charge is -2.16. The third-order valence-corrected chi connectivity index (χ3v) is 4.91. The number of anilines is 2. The van der Waals surface area contributed by atoms with Crippen molar-refractivity contribution in [2.24, 2.45) is 4.99 Å². The van der Waals surface area contributed by atoms with Crippen molar-refractivity contribution in [1.29, 1.82) is 0 Å². The third kappa shape index (κ3) is 7.17. The molecular weight excluding hydrogens is 439 g/mol. The molecule has 0 fully saturated rings. The Morgan fingerprint density at radius 3 is 2.49 bits per heavy atom. The summed E-state index contributed by atoms with van der Waals surface area (Å²) in [5.74, 6) is -0.109. The molecular formula is C28H37FN6. The molecule has 0 saturated heterocycles. The molecule has 0 saturated carbocycles. The number of aryl methyl sites for hydroxylation is 1. The van der Waals surface area contributed by atoms with Gasteiger partial charge in [-0.1, -0.05) is 58.7 Å². The van der Waals surface area contributed by atoms with E-state index < -0.39 is 5.82 Å². The maximum absolute atomic E-state index is 14.2. The summed E-state index contributed by atoms with van der Waals surface area (Å²) in [6, 6.07) is 12.3. The molecule has 6 nitrogen and oxygen atoms in total. The summed E-state index contributed by atoms with van der Waals surface area (Å²) in [6.45, 7) is 16.2. The Balaban J connectivity index is 0.00000199. The average Bonchev–Trinajstić information content (AvgIpc) is 3.21. The number of nitrogens with zero attached hydrogens (tertiary/aromatic N) is 3. The number of nitrogens with one attached hydrogen (secondary N) is 2. The van der Waals surface area contributed by atoms with Crippen LogP contribution in [0.5, 0.6) is 0 Å². The normalized spacial score (nSPS) is 10.7. The number of hydrogen-bond donors (Lipinski definition) is 3. The summed E-state index contributed by atoms with van der Waals surface area (Å²) < 4.78 is 15.5. The molecule has 0 aliphatic rings. The summed E-state index contributed by atoms with van der Waals surface area (Å²) in [6.07, 6.45) is 5.16. The number of para-hydroxylation sites is 1. The lowest BCUT2D eigenvalue weighted by atomic mass is 10.1. The van der Waals surface area contributed by atoms with Gasteiger partial charge in [-0.2, -0.15) is 5.10 Å². The Morgan fingerprint density at radius 1 is 1.14 bits per heavy atom. The molecule has 0 aliphatic heterocycles. The number of halogens is 1. The second kappa shape index (κ2) is 13.5. The van der Waals surface area contributed by atoms with Gasteiger partial charge in [0.05, 0.1) is 11.8 Å². The highest BCUT2D eigenvalue weighted by molar-refractivity contribution is 5.82. The van der Waals surface area contributed by atoms with Gasteiger partial charge in [-0.25, -0.2) is 9.07 Å². The first-order chi connectivity index (χ1) is 16.3. The first kappa shape index (κ1) is 28.9. The Bertz CT molecular complexity index is 1220. The largest absolute Gasteiger partial charge is 0.383 e. The van der Waals surface area contributed by atoms with E-state index in [1.54, 1.807) is 37.7 Å². The lowest BCUT2D eigenvalue weighted by molar-refractivity contribution is 0.612. The van der Waals surface area contributed by atoms with Gasteiger partial charge in [0.2, 0.25) is 0 Å². The molecule has 0 atom stereocenters. The van der Waals surface area contributed by atoms with Gasteiger partial charge in [-0.05, 0) is 49.2 Å². The van der Waals surface area contributed by atoms with Gasteiger partial charge in [-0.15, -0.1) is 0 Å². The fraction of sp³-hybridized carbons (Fsp3) is 0.214.